The Kier molecular flexibility index (Phi) is 7.40. The minimum Gasteiger partial charge on any atom is -0.309 e. The Hall–Kier alpha value is -7.37. The predicted octanol–water partition coefficient (Wildman–Crippen LogP) is 14.1. The van der Waals surface area contributed by atoms with Crippen LogP contribution in [0.2, 0.25) is 0 Å². The van der Waals surface area contributed by atoms with Gasteiger partial charge in [0, 0.05) is 55.1 Å². The highest BCUT2D eigenvalue weighted by Crippen LogP contribution is 2.56. The molecule has 10 aromatic rings. The van der Waals surface area contributed by atoms with Crippen molar-refractivity contribution >= 4 is 49.2 Å². The number of hydrogen-bond acceptors (Lipinski definition) is 3. The Morgan fingerprint density at radius 2 is 1.10 bits per heavy atom. The van der Waals surface area contributed by atoms with E-state index in [1.165, 1.54) is 66.1 Å². The maximum atomic E-state index is 5.52. The standard InChI is InChI=1S/C58H45N5/c1-34-31-36(33-46-51(34)40-20-10-14-24-44(40)58(46,4)5)55-59-54(35-27-28-39-38-19-9-13-23-43(38)57(2,3)45(39)32-35)60-56(61-55)63-48-26-16-12-22-42(48)53-50(63)30-29-49-52(53)41-21-11-15-25-47(41)62(49)37-17-7-6-8-18-37/h6-34,51H,1-5H3. The van der Waals surface area contributed by atoms with Crippen molar-refractivity contribution in [1.82, 2.24) is 24.1 Å². The van der Waals surface area contributed by atoms with E-state index >= 15 is 0 Å². The predicted molar refractivity (Wildman–Crippen MR) is 259 cm³/mol. The van der Waals surface area contributed by atoms with Crippen LogP contribution >= 0.6 is 0 Å². The lowest BCUT2D eigenvalue weighted by atomic mass is 9.74. The summed E-state index contributed by atoms with van der Waals surface area (Å²) >= 11 is 0. The molecule has 7 aromatic carbocycles. The van der Waals surface area contributed by atoms with Crippen molar-refractivity contribution in [1.29, 1.82) is 0 Å². The zero-order valence-electron chi connectivity index (χ0n) is 36.1. The van der Waals surface area contributed by atoms with E-state index in [0.717, 1.165) is 33.2 Å². The molecule has 5 heteroatoms. The van der Waals surface area contributed by atoms with E-state index < -0.39 is 0 Å². The molecule has 0 bridgehead atoms. The molecule has 3 aliphatic rings. The van der Waals surface area contributed by atoms with E-state index in [1.54, 1.807) is 0 Å². The fourth-order valence-corrected chi connectivity index (χ4v) is 11.8. The van der Waals surface area contributed by atoms with Crippen LogP contribution in [0.1, 0.15) is 68.6 Å². The van der Waals surface area contributed by atoms with Crippen molar-refractivity contribution in [2.24, 2.45) is 5.92 Å². The first-order valence-electron chi connectivity index (χ1n) is 22.2. The summed E-state index contributed by atoms with van der Waals surface area (Å²) in [5, 5.41) is 4.79. The van der Waals surface area contributed by atoms with Gasteiger partial charge in [-0.05, 0) is 81.8 Å². The Morgan fingerprint density at radius 3 is 1.86 bits per heavy atom. The van der Waals surface area contributed by atoms with Crippen LogP contribution in [0, 0.1) is 5.92 Å². The molecule has 0 aliphatic heterocycles. The second kappa shape index (κ2) is 12.8. The monoisotopic (exact) mass is 811 g/mol. The fraction of sp³-hybridized carbons (Fsp3) is 0.155. The molecule has 0 radical (unpaired) electrons. The Balaban J connectivity index is 1.08. The Labute approximate surface area is 366 Å². The third-order valence-electron chi connectivity index (χ3n) is 14.7. The minimum atomic E-state index is -0.165. The molecule has 0 saturated heterocycles. The second-order valence-corrected chi connectivity index (χ2v) is 18.9. The highest BCUT2D eigenvalue weighted by atomic mass is 15.2. The van der Waals surface area contributed by atoms with Crippen LogP contribution in [-0.2, 0) is 10.8 Å². The van der Waals surface area contributed by atoms with Gasteiger partial charge in [0.2, 0.25) is 5.95 Å². The molecular weight excluding hydrogens is 767 g/mol. The van der Waals surface area contributed by atoms with Crippen LogP contribution in [0.25, 0.3) is 83.3 Å². The molecule has 0 saturated carbocycles. The van der Waals surface area contributed by atoms with Crippen LogP contribution < -0.4 is 0 Å². The molecule has 0 amide bonds. The van der Waals surface area contributed by atoms with Crippen LogP contribution in [0.3, 0.4) is 0 Å². The molecule has 5 nitrogen and oxygen atoms in total. The summed E-state index contributed by atoms with van der Waals surface area (Å²) < 4.78 is 4.67. The van der Waals surface area contributed by atoms with Crippen LogP contribution in [-0.4, -0.2) is 24.1 Å². The summed E-state index contributed by atoms with van der Waals surface area (Å²) in [4.78, 5) is 16.5. The van der Waals surface area contributed by atoms with Crippen molar-refractivity contribution in [3.8, 4) is 34.2 Å². The van der Waals surface area contributed by atoms with Crippen molar-refractivity contribution < 1.29 is 0 Å². The summed E-state index contributed by atoms with van der Waals surface area (Å²) in [5.41, 5.74) is 16.8. The topological polar surface area (TPSA) is 48.5 Å². The van der Waals surface area contributed by atoms with Crippen molar-refractivity contribution in [2.75, 3.05) is 0 Å². The van der Waals surface area contributed by atoms with E-state index in [-0.39, 0.29) is 16.7 Å². The van der Waals surface area contributed by atoms with Gasteiger partial charge in [-0.3, -0.25) is 4.57 Å². The van der Waals surface area contributed by atoms with E-state index in [0.29, 0.717) is 23.5 Å². The van der Waals surface area contributed by atoms with Gasteiger partial charge in [-0.1, -0.05) is 168 Å². The Bertz CT molecular complexity index is 3650. The van der Waals surface area contributed by atoms with Gasteiger partial charge in [0.25, 0.3) is 0 Å². The molecule has 0 fully saturated rings. The number of nitrogens with zero attached hydrogens (tertiary/aromatic N) is 5. The minimum absolute atomic E-state index is 0.120. The quantitative estimate of drug-likeness (QED) is 0.178. The van der Waals surface area contributed by atoms with Gasteiger partial charge < -0.3 is 4.57 Å². The first-order valence-corrected chi connectivity index (χ1v) is 22.2. The zero-order chi connectivity index (χ0) is 42.4. The van der Waals surface area contributed by atoms with Crippen LogP contribution in [0.4, 0.5) is 0 Å². The Morgan fingerprint density at radius 1 is 0.492 bits per heavy atom. The summed E-state index contributed by atoms with van der Waals surface area (Å²) in [6.45, 7) is 11.8. The highest BCUT2D eigenvalue weighted by Gasteiger charge is 2.45. The smallest absolute Gasteiger partial charge is 0.238 e. The molecule has 13 rings (SSSR count). The third kappa shape index (κ3) is 4.96. The number of hydrogen-bond donors (Lipinski definition) is 0. The zero-order valence-corrected chi connectivity index (χ0v) is 36.1. The molecule has 0 N–H and O–H groups in total. The number of benzene rings is 7. The fourth-order valence-electron chi connectivity index (χ4n) is 11.8. The summed E-state index contributed by atoms with van der Waals surface area (Å²) in [6.07, 6.45) is 4.79. The second-order valence-electron chi connectivity index (χ2n) is 18.9. The van der Waals surface area contributed by atoms with Crippen molar-refractivity contribution in [3.05, 3.63) is 204 Å². The molecule has 3 aliphatic carbocycles. The van der Waals surface area contributed by atoms with Gasteiger partial charge in [-0.25, -0.2) is 4.98 Å². The van der Waals surface area contributed by atoms with E-state index in [9.17, 15) is 0 Å². The normalized spacial score (nSPS) is 18.0. The van der Waals surface area contributed by atoms with E-state index in [2.05, 4.69) is 214 Å². The van der Waals surface area contributed by atoms with Crippen molar-refractivity contribution in [3.63, 3.8) is 0 Å². The lowest BCUT2D eigenvalue weighted by Crippen LogP contribution is -2.21. The van der Waals surface area contributed by atoms with Gasteiger partial charge in [-0.15, -0.1) is 0 Å². The lowest BCUT2D eigenvalue weighted by Gasteiger charge is -2.30. The van der Waals surface area contributed by atoms with Crippen molar-refractivity contribution in [2.45, 2.75) is 51.4 Å². The van der Waals surface area contributed by atoms with Gasteiger partial charge in [-0.2, -0.15) is 9.97 Å². The van der Waals surface area contributed by atoms with E-state index in [1.807, 2.05) is 0 Å². The lowest BCUT2D eigenvalue weighted by molar-refractivity contribution is 0.552. The number of fused-ring (bicyclic) bond motifs is 13. The number of aromatic nitrogens is 5. The highest BCUT2D eigenvalue weighted by molar-refractivity contribution is 6.28. The summed E-state index contributed by atoms with van der Waals surface area (Å²) in [6, 6.07) is 57.4. The molecule has 0 spiro atoms. The molecule has 63 heavy (non-hydrogen) atoms. The molecular formula is C58H45N5. The largest absolute Gasteiger partial charge is 0.309 e. The number of allylic oxidation sites excluding steroid dienone is 4. The first-order chi connectivity index (χ1) is 30.7. The molecule has 2 atom stereocenters. The molecule has 3 aromatic heterocycles. The number of rotatable bonds is 4. The average molecular weight is 812 g/mol. The molecule has 3 heterocycles. The van der Waals surface area contributed by atoms with Gasteiger partial charge >= 0.3 is 0 Å². The third-order valence-corrected chi connectivity index (χ3v) is 14.7. The molecule has 2 unspecified atom stereocenters. The molecule has 302 valence electrons. The van der Waals surface area contributed by atoms with Gasteiger partial charge in [0.15, 0.2) is 11.6 Å². The van der Waals surface area contributed by atoms with Gasteiger partial charge in [0.05, 0.1) is 22.1 Å². The average Bonchev–Trinajstić information content (AvgIpc) is 3.98. The van der Waals surface area contributed by atoms with Gasteiger partial charge in [0.1, 0.15) is 0 Å². The maximum Gasteiger partial charge on any atom is 0.238 e. The summed E-state index contributed by atoms with van der Waals surface area (Å²) in [5.74, 6) is 2.54. The maximum absolute atomic E-state index is 5.52. The van der Waals surface area contributed by atoms with E-state index in [4.69, 9.17) is 15.0 Å². The SMILES string of the molecule is CC1C=C(c2nc(-c3ccc4c(c3)C(C)(C)c3ccccc3-4)nc(-n3c4ccccc4c4c5c6ccccc6n(-c6ccccc6)c5ccc43)n2)C=C2C1c1ccccc1C2(C)C. The number of para-hydroxylation sites is 3. The summed E-state index contributed by atoms with van der Waals surface area (Å²) in [7, 11) is 0. The van der Waals surface area contributed by atoms with Crippen LogP contribution in [0.5, 0.6) is 0 Å². The first kappa shape index (κ1) is 36.3. The van der Waals surface area contributed by atoms with Crippen LogP contribution in [0.15, 0.2) is 175 Å².